The molecule has 114 valence electrons. The molecule has 0 atom stereocenters. The largest absolute Gasteiger partial charge is 0.545 e. The summed E-state index contributed by atoms with van der Waals surface area (Å²) in [6, 6.07) is 13.4. The van der Waals surface area contributed by atoms with Gasteiger partial charge < -0.3 is 15.2 Å². The van der Waals surface area contributed by atoms with Crippen LogP contribution < -0.4 is 10.4 Å². The molecule has 0 spiro atoms. The second-order valence-electron chi connectivity index (χ2n) is 4.79. The number of carbonyl (C=O) groups is 1. The Labute approximate surface area is 127 Å². The van der Waals surface area contributed by atoms with Crippen LogP contribution in [0.3, 0.4) is 0 Å². The average Bonchev–Trinajstić information content (AvgIpc) is 2.52. The van der Waals surface area contributed by atoms with Gasteiger partial charge in [0, 0.05) is 24.2 Å². The number of benzene rings is 2. The van der Waals surface area contributed by atoms with Gasteiger partial charge in [0.1, 0.15) is 0 Å². The maximum Gasteiger partial charge on any atom is 0.271 e. The van der Waals surface area contributed by atoms with Crippen molar-refractivity contribution in [3.8, 4) is 0 Å². The highest BCUT2D eigenvalue weighted by Crippen LogP contribution is 2.22. The van der Waals surface area contributed by atoms with Crippen LogP contribution in [0.15, 0.2) is 48.5 Å². The van der Waals surface area contributed by atoms with Crippen LogP contribution in [-0.4, -0.2) is 17.4 Å². The van der Waals surface area contributed by atoms with E-state index in [1.54, 1.807) is 0 Å². The maximum atomic E-state index is 11.0. The van der Waals surface area contributed by atoms with Crippen molar-refractivity contribution in [2.45, 2.75) is 12.8 Å². The molecule has 0 aromatic heterocycles. The normalized spacial score (nSPS) is 10.2. The van der Waals surface area contributed by atoms with Gasteiger partial charge in [0.05, 0.1) is 16.6 Å². The molecule has 6 nitrogen and oxygen atoms in total. The Balaban J connectivity index is 2.00. The minimum absolute atomic E-state index is 0.0784. The number of nitrogens with one attached hydrogen (secondary N) is 1. The molecular weight excluding hydrogens is 284 g/mol. The highest BCUT2D eigenvalue weighted by atomic mass is 16.6. The van der Waals surface area contributed by atoms with Crippen molar-refractivity contribution >= 4 is 17.3 Å². The van der Waals surface area contributed by atoms with Gasteiger partial charge in [0.25, 0.3) is 5.69 Å². The SMILES string of the molecule is O=C([O-])c1ccc([N+](=O)[O-])cc1NCCCc1ccccc1. The molecule has 2 rings (SSSR count). The molecule has 0 amide bonds. The molecule has 0 bridgehead atoms. The summed E-state index contributed by atoms with van der Waals surface area (Å²) >= 11 is 0. The van der Waals surface area contributed by atoms with Crippen molar-refractivity contribution < 1.29 is 14.8 Å². The number of carboxylic acid groups (broad SMARTS) is 1. The minimum Gasteiger partial charge on any atom is -0.545 e. The predicted octanol–water partition coefficient (Wildman–Crippen LogP) is 2.00. The molecule has 6 heteroatoms. The summed E-state index contributed by atoms with van der Waals surface area (Å²) in [5.74, 6) is -1.36. The van der Waals surface area contributed by atoms with Gasteiger partial charge in [-0.1, -0.05) is 30.3 Å². The summed E-state index contributed by atoms with van der Waals surface area (Å²) in [4.78, 5) is 21.2. The Hall–Kier alpha value is -2.89. The quantitative estimate of drug-likeness (QED) is 0.479. The van der Waals surface area contributed by atoms with Crippen molar-refractivity contribution in [2.75, 3.05) is 11.9 Å². The van der Waals surface area contributed by atoms with Crippen molar-refractivity contribution in [2.24, 2.45) is 0 Å². The summed E-state index contributed by atoms with van der Waals surface area (Å²) in [5, 5.41) is 24.7. The number of non-ortho nitro benzene ring substituents is 1. The molecule has 1 N–H and O–H groups in total. The minimum atomic E-state index is -1.36. The molecule has 2 aromatic rings. The van der Waals surface area contributed by atoms with E-state index in [1.165, 1.54) is 17.7 Å². The van der Waals surface area contributed by atoms with Crippen molar-refractivity contribution in [3.05, 3.63) is 69.8 Å². The Morgan fingerprint density at radius 1 is 1.14 bits per heavy atom. The van der Waals surface area contributed by atoms with Gasteiger partial charge in [0.15, 0.2) is 0 Å². The molecule has 0 unspecified atom stereocenters. The zero-order valence-corrected chi connectivity index (χ0v) is 11.8. The molecule has 0 aliphatic rings. The number of aromatic carboxylic acids is 1. The van der Waals surface area contributed by atoms with Gasteiger partial charge in [0.2, 0.25) is 0 Å². The molecule has 0 fully saturated rings. The lowest BCUT2D eigenvalue weighted by atomic mass is 10.1. The topological polar surface area (TPSA) is 95.3 Å². The van der Waals surface area contributed by atoms with Crippen LogP contribution in [0.5, 0.6) is 0 Å². The smallest absolute Gasteiger partial charge is 0.271 e. The zero-order chi connectivity index (χ0) is 15.9. The lowest BCUT2D eigenvalue weighted by Gasteiger charge is -2.12. The fourth-order valence-electron chi connectivity index (χ4n) is 2.13. The maximum absolute atomic E-state index is 11.0. The van der Waals surface area contributed by atoms with E-state index < -0.39 is 10.9 Å². The predicted molar refractivity (Wildman–Crippen MR) is 80.7 cm³/mol. The number of nitrogens with zero attached hydrogens (tertiary/aromatic N) is 1. The standard InChI is InChI=1S/C16H16N2O4/c19-16(20)14-9-8-13(18(21)22)11-15(14)17-10-4-7-12-5-2-1-3-6-12/h1-3,5-6,8-9,11,17H,4,7,10H2,(H,19,20)/p-1. The summed E-state index contributed by atoms with van der Waals surface area (Å²) in [6.07, 6.45) is 1.61. The number of aryl methyl sites for hydroxylation is 1. The molecule has 2 aromatic carbocycles. The van der Waals surface area contributed by atoms with Gasteiger partial charge in [-0.05, 0) is 24.5 Å². The van der Waals surface area contributed by atoms with E-state index in [1.807, 2.05) is 30.3 Å². The Morgan fingerprint density at radius 2 is 1.86 bits per heavy atom. The van der Waals surface area contributed by atoms with E-state index >= 15 is 0 Å². The third kappa shape index (κ3) is 4.05. The van der Waals surface area contributed by atoms with Crippen LogP contribution in [0.2, 0.25) is 0 Å². The number of carboxylic acids is 1. The van der Waals surface area contributed by atoms with E-state index in [0.717, 1.165) is 18.9 Å². The first kappa shape index (κ1) is 15.5. The van der Waals surface area contributed by atoms with Gasteiger partial charge >= 0.3 is 0 Å². The number of rotatable bonds is 7. The van der Waals surface area contributed by atoms with Crippen molar-refractivity contribution in [1.29, 1.82) is 0 Å². The first-order valence-electron chi connectivity index (χ1n) is 6.85. The average molecular weight is 299 g/mol. The molecule has 0 aliphatic carbocycles. The lowest BCUT2D eigenvalue weighted by molar-refractivity contribution is -0.384. The summed E-state index contributed by atoms with van der Waals surface area (Å²) < 4.78 is 0. The lowest BCUT2D eigenvalue weighted by Crippen LogP contribution is -2.24. The molecule has 22 heavy (non-hydrogen) atoms. The molecule has 0 saturated heterocycles. The Kier molecular flexibility index (Phi) is 5.08. The van der Waals surface area contributed by atoms with E-state index in [0.29, 0.717) is 6.54 Å². The third-order valence-corrected chi connectivity index (χ3v) is 3.23. The van der Waals surface area contributed by atoms with Crippen LogP contribution in [0.25, 0.3) is 0 Å². The summed E-state index contributed by atoms with van der Waals surface area (Å²) in [6.45, 7) is 0.510. The van der Waals surface area contributed by atoms with Crippen LogP contribution in [0.1, 0.15) is 22.3 Å². The zero-order valence-electron chi connectivity index (χ0n) is 11.8. The Morgan fingerprint density at radius 3 is 2.50 bits per heavy atom. The molecule has 0 aliphatic heterocycles. The van der Waals surface area contributed by atoms with Crippen LogP contribution in [0, 0.1) is 10.1 Å². The number of nitro benzene ring substituents is 1. The second kappa shape index (κ2) is 7.21. The number of hydrogen-bond acceptors (Lipinski definition) is 5. The van der Waals surface area contributed by atoms with E-state index in [4.69, 9.17) is 0 Å². The summed E-state index contributed by atoms with van der Waals surface area (Å²) in [5.41, 5.74) is 1.16. The number of nitro groups is 1. The molecule has 0 heterocycles. The molecule has 0 radical (unpaired) electrons. The van der Waals surface area contributed by atoms with Crippen molar-refractivity contribution in [3.63, 3.8) is 0 Å². The number of anilines is 1. The highest BCUT2D eigenvalue weighted by Gasteiger charge is 2.11. The third-order valence-electron chi connectivity index (χ3n) is 3.23. The molecular formula is C16H15N2O4-. The second-order valence-corrected chi connectivity index (χ2v) is 4.79. The van der Waals surface area contributed by atoms with Gasteiger partial charge in [-0.3, -0.25) is 10.1 Å². The number of carbonyl (C=O) groups excluding carboxylic acids is 1. The van der Waals surface area contributed by atoms with Gasteiger partial charge in [-0.15, -0.1) is 0 Å². The molecule has 0 saturated carbocycles. The first-order chi connectivity index (χ1) is 10.6. The van der Waals surface area contributed by atoms with Crippen molar-refractivity contribution in [1.82, 2.24) is 0 Å². The number of hydrogen-bond donors (Lipinski definition) is 1. The van der Waals surface area contributed by atoms with Gasteiger partial charge in [-0.25, -0.2) is 0 Å². The highest BCUT2D eigenvalue weighted by molar-refractivity contribution is 5.93. The van der Waals surface area contributed by atoms with E-state index in [2.05, 4.69) is 5.32 Å². The van der Waals surface area contributed by atoms with E-state index in [-0.39, 0.29) is 16.9 Å². The van der Waals surface area contributed by atoms with Gasteiger partial charge in [-0.2, -0.15) is 0 Å². The fraction of sp³-hybridized carbons (Fsp3) is 0.188. The fourth-order valence-corrected chi connectivity index (χ4v) is 2.13. The van der Waals surface area contributed by atoms with Crippen LogP contribution in [-0.2, 0) is 6.42 Å². The summed E-state index contributed by atoms with van der Waals surface area (Å²) in [7, 11) is 0. The van der Waals surface area contributed by atoms with Crippen LogP contribution in [0.4, 0.5) is 11.4 Å². The van der Waals surface area contributed by atoms with E-state index in [9.17, 15) is 20.0 Å². The first-order valence-corrected chi connectivity index (χ1v) is 6.85. The monoisotopic (exact) mass is 299 g/mol. The Bertz CT molecular complexity index is 671. The van der Waals surface area contributed by atoms with Crippen LogP contribution >= 0.6 is 0 Å².